The Labute approximate surface area is 170 Å². The fourth-order valence-corrected chi connectivity index (χ4v) is 3.54. The van der Waals surface area contributed by atoms with Crippen LogP contribution < -0.4 is 10.6 Å². The molecule has 2 N–H and O–H groups in total. The molecule has 0 saturated carbocycles. The molecule has 2 aliphatic rings. The van der Waals surface area contributed by atoms with Crippen LogP contribution in [0.3, 0.4) is 0 Å². The second-order valence-electron chi connectivity index (χ2n) is 6.53. The largest absolute Gasteiger partial charge is 0.373 e. The first-order chi connectivity index (χ1) is 12.3. The lowest BCUT2D eigenvalue weighted by atomic mass is 9.96. The van der Waals surface area contributed by atoms with Crippen molar-refractivity contribution in [3.63, 3.8) is 0 Å². The van der Waals surface area contributed by atoms with Gasteiger partial charge in [0.1, 0.15) is 0 Å². The van der Waals surface area contributed by atoms with Crippen molar-refractivity contribution >= 4 is 29.9 Å². The molecule has 140 valence electrons. The molecule has 3 unspecified atom stereocenters. The maximum atomic E-state index is 5.92. The van der Waals surface area contributed by atoms with E-state index < -0.39 is 0 Å². The van der Waals surface area contributed by atoms with E-state index in [1.54, 1.807) is 17.1 Å². The molecule has 8 heteroatoms. The Morgan fingerprint density at radius 2 is 2.31 bits per heavy atom. The van der Waals surface area contributed by atoms with E-state index in [0.29, 0.717) is 24.8 Å². The summed E-state index contributed by atoms with van der Waals surface area (Å²) in [6.07, 6.45) is 9.62. The Bertz CT molecular complexity index is 735. The molecule has 0 amide bonds. The first-order valence-corrected chi connectivity index (χ1v) is 8.97. The van der Waals surface area contributed by atoms with Gasteiger partial charge < -0.3 is 15.4 Å². The number of ether oxygens (including phenoxy) is 1. The van der Waals surface area contributed by atoms with E-state index in [9.17, 15) is 0 Å². The minimum atomic E-state index is 0. The quantitative estimate of drug-likeness (QED) is 0.400. The molecule has 4 rings (SSSR count). The molecule has 0 spiro atoms. The summed E-state index contributed by atoms with van der Waals surface area (Å²) in [6.45, 7) is 3.51. The van der Waals surface area contributed by atoms with Gasteiger partial charge in [-0.15, -0.1) is 24.0 Å². The molecular formula is C18H25IN6O. The molecule has 2 aromatic heterocycles. The van der Waals surface area contributed by atoms with E-state index in [2.05, 4.69) is 27.6 Å². The van der Waals surface area contributed by atoms with Crippen LogP contribution in [0.5, 0.6) is 0 Å². The lowest BCUT2D eigenvalue weighted by molar-refractivity contribution is 0.0992. The molecule has 2 aromatic rings. The van der Waals surface area contributed by atoms with Gasteiger partial charge in [0.25, 0.3) is 0 Å². The predicted octanol–water partition coefficient (Wildman–Crippen LogP) is 2.26. The van der Waals surface area contributed by atoms with Gasteiger partial charge in [-0.05, 0) is 49.9 Å². The lowest BCUT2D eigenvalue weighted by Gasteiger charge is -2.22. The summed E-state index contributed by atoms with van der Waals surface area (Å²) in [5.41, 5.74) is 1.10. The minimum Gasteiger partial charge on any atom is -0.373 e. The molecule has 3 atom stereocenters. The summed E-state index contributed by atoms with van der Waals surface area (Å²) in [7, 11) is 0. The molecule has 7 nitrogen and oxygen atoms in total. The molecule has 2 bridgehead atoms. The van der Waals surface area contributed by atoms with Crippen LogP contribution in [0.25, 0.3) is 5.82 Å². The SMILES string of the molecule is CCNC(=NCc1ccnc(-n2cccn2)c1)NC1CC2CCC1O2.I. The third-order valence-corrected chi connectivity index (χ3v) is 4.74. The van der Waals surface area contributed by atoms with Gasteiger partial charge in [-0.3, -0.25) is 0 Å². The highest BCUT2D eigenvalue weighted by Crippen LogP contribution is 2.34. The van der Waals surface area contributed by atoms with Crippen LogP contribution in [0.4, 0.5) is 0 Å². The van der Waals surface area contributed by atoms with Crippen LogP contribution in [0.2, 0.25) is 0 Å². The van der Waals surface area contributed by atoms with Gasteiger partial charge in [0.05, 0.1) is 24.8 Å². The number of guanidine groups is 1. The predicted molar refractivity (Wildman–Crippen MR) is 111 cm³/mol. The number of aromatic nitrogens is 3. The third-order valence-electron chi connectivity index (χ3n) is 4.74. The van der Waals surface area contributed by atoms with Crippen molar-refractivity contribution < 1.29 is 4.74 Å². The van der Waals surface area contributed by atoms with Crippen LogP contribution in [0, 0.1) is 0 Å². The average molecular weight is 468 g/mol. The Morgan fingerprint density at radius 1 is 1.38 bits per heavy atom. The Kier molecular flexibility index (Phi) is 6.47. The zero-order valence-corrected chi connectivity index (χ0v) is 17.2. The van der Waals surface area contributed by atoms with Crippen molar-refractivity contribution in [3.05, 3.63) is 42.4 Å². The molecule has 26 heavy (non-hydrogen) atoms. The van der Waals surface area contributed by atoms with Crippen LogP contribution >= 0.6 is 24.0 Å². The Balaban J connectivity index is 0.00000196. The van der Waals surface area contributed by atoms with E-state index in [4.69, 9.17) is 9.73 Å². The zero-order valence-electron chi connectivity index (χ0n) is 14.8. The molecule has 2 saturated heterocycles. The van der Waals surface area contributed by atoms with Gasteiger partial charge in [0.2, 0.25) is 0 Å². The fraction of sp³-hybridized carbons (Fsp3) is 0.500. The van der Waals surface area contributed by atoms with Gasteiger partial charge in [-0.25, -0.2) is 14.7 Å². The number of aliphatic imine (C=N–C) groups is 1. The van der Waals surface area contributed by atoms with Crippen molar-refractivity contribution in [2.45, 2.75) is 51.0 Å². The molecule has 0 radical (unpaired) electrons. The fourth-order valence-electron chi connectivity index (χ4n) is 3.54. The van der Waals surface area contributed by atoms with Crippen molar-refractivity contribution in [2.24, 2.45) is 4.99 Å². The summed E-state index contributed by atoms with van der Waals surface area (Å²) in [4.78, 5) is 9.09. The average Bonchev–Trinajstić information content (AvgIpc) is 3.38. The number of hydrogen-bond donors (Lipinski definition) is 2. The van der Waals surface area contributed by atoms with Gasteiger partial charge in [0.15, 0.2) is 11.8 Å². The normalized spacial score (nSPS) is 24.3. The summed E-state index contributed by atoms with van der Waals surface area (Å²) >= 11 is 0. The highest BCUT2D eigenvalue weighted by atomic mass is 127. The van der Waals surface area contributed by atoms with Gasteiger partial charge in [-0.1, -0.05) is 0 Å². The number of pyridine rings is 1. The van der Waals surface area contributed by atoms with Gasteiger partial charge in [-0.2, -0.15) is 5.10 Å². The lowest BCUT2D eigenvalue weighted by Crippen LogP contribution is -2.47. The van der Waals surface area contributed by atoms with Crippen molar-refractivity contribution in [1.82, 2.24) is 25.4 Å². The number of fused-ring (bicyclic) bond motifs is 2. The van der Waals surface area contributed by atoms with Crippen molar-refractivity contribution in [2.75, 3.05) is 6.54 Å². The van der Waals surface area contributed by atoms with Crippen LogP contribution in [-0.4, -0.2) is 45.5 Å². The second-order valence-corrected chi connectivity index (χ2v) is 6.53. The van der Waals surface area contributed by atoms with E-state index >= 15 is 0 Å². The first kappa shape index (κ1) is 19.1. The molecule has 2 fully saturated rings. The van der Waals surface area contributed by atoms with E-state index in [-0.39, 0.29) is 24.0 Å². The summed E-state index contributed by atoms with van der Waals surface area (Å²) in [6, 6.07) is 6.26. The molecule has 0 aliphatic carbocycles. The molecule has 2 aliphatic heterocycles. The van der Waals surface area contributed by atoms with E-state index in [0.717, 1.165) is 36.7 Å². The summed E-state index contributed by atoms with van der Waals surface area (Å²) in [5, 5.41) is 11.1. The zero-order chi connectivity index (χ0) is 17.1. The Morgan fingerprint density at radius 3 is 3.00 bits per heavy atom. The minimum absolute atomic E-state index is 0. The second kappa shape index (κ2) is 8.81. The molecular weight excluding hydrogens is 443 g/mol. The Hall–Kier alpha value is -1.68. The summed E-state index contributed by atoms with van der Waals surface area (Å²) < 4.78 is 7.67. The van der Waals surface area contributed by atoms with Gasteiger partial charge in [0, 0.05) is 25.1 Å². The first-order valence-electron chi connectivity index (χ1n) is 8.97. The monoisotopic (exact) mass is 468 g/mol. The van der Waals surface area contributed by atoms with Crippen LogP contribution in [-0.2, 0) is 11.3 Å². The molecule has 0 aromatic carbocycles. The standard InChI is InChI=1S/C18H24N6O.HI/c1-2-19-18(23-15-11-14-4-5-16(15)25-14)21-12-13-6-8-20-17(10-13)24-9-3-7-22-24;/h3,6-10,14-16H,2,4-5,11-12H2,1H3,(H2,19,21,23);1H. The number of nitrogens with one attached hydrogen (secondary N) is 2. The maximum Gasteiger partial charge on any atom is 0.191 e. The highest BCUT2D eigenvalue weighted by Gasteiger charge is 2.41. The van der Waals surface area contributed by atoms with Crippen LogP contribution in [0.15, 0.2) is 41.8 Å². The van der Waals surface area contributed by atoms with Crippen molar-refractivity contribution in [1.29, 1.82) is 0 Å². The van der Waals surface area contributed by atoms with Gasteiger partial charge >= 0.3 is 0 Å². The maximum absolute atomic E-state index is 5.92. The highest BCUT2D eigenvalue weighted by molar-refractivity contribution is 14.0. The number of halogens is 1. The number of hydrogen-bond acceptors (Lipinski definition) is 4. The van der Waals surface area contributed by atoms with E-state index in [1.165, 1.54) is 6.42 Å². The number of rotatable bonds is 5. The van der Waals surface area contributed by atoms with E-state index in [1.807, 2.05) is 24.4 Å². The van der Waals surface area contributed by atoms with Crippen LogP contribution in [0.1, 0.15) is 31.7 Å². The third kappa shape index (κ3) is 4.35. The topological polar surface area (TPSA) is 76.4 Å². The number of nitrogens with zero attached hydrogens (tertiary/aromatic N) is 4. The smallest absolute Gasteiger partial charge is 0.191 e. The molecule has 4 heterocycles. The summed E-state index contributed by atoms with van der Waals surface area (Å²) in [5.74, 6) is 1.65. The van der Waals surface area contributed by atoms with Crippen molar-refractivity contribution in [3.8, 4) is 5.82 Å².